The molecule has 0 aromatic rings. The molecule has 6 N–H and O–H groups in total. The maximum absolute atomic E-state index is 10.4. The van der Waals surface area contributed by atoms with Crippen molar-refractivity contribution in [1.29, 1.82) is 0 Å². The van der Waals surface area contributed by atoms with Gasteiger partial charge in [0.1, 0.15) is 6.04 Å². The minimum atomic E-state index is -0.933. The minimum absolute atomic E-state index is 0.346. The van der Waals surface area contributed by atoms with E-state index in [0.717, 1.165) is 25.7 Å². The van der Waals surface area contributed by atoms with Gasteiger partial charge in [-0.2, -0.15) is 0 Å². The Morgan fingerprint density at radius 3 is 1.24 bits per heavy atom. The fraction of sp³-hybridized carbons (Fsp3) is 0.929. The standard InChI is InChI=1S/C22H44O2.C6H14N2O2/c1-2-3-4-5-6-7-8-9-10-11-12-13-14-15-16-17-18-19-20-21-22(23)24;7-4-2-1-3-5(8)6(9)10/h2-21H2,1H3,(H,23,24);5H,1-4,7-8H2,(H,9,10). The zero-order chi connectivity index (χ0) is 25.7. The third-order valence-electron chi connectivity index (χ3n) is 6.28. The molecule has 1 atom stereocenters. The van der Waals surface area contributed by atoms with E-state index in [4.69, 9.17) is 21.7 Å². The second-order valence-corrected chi connectivity index (χ2v) is 9.74. The van der Waals surface area contributed by atoms with Crippen molar-refractivity contribution < 1.29 is 19.8 Å². The van der Waals surface area contributed by atoms with Crippen molar-refractivity contribution in [3.8, 4) is 0 Å². The molecule has 1 unspecified atom stereocenters. The number of carboxylic acids is 2. The van der Waals surface area contributed by atoms with Crippen molar-refractivity contribution in [1.82, 2.24) is 0 Å². The Hall–Kier alpha value is -1.14. The van der Waals surface area contributed by atoms with E-state index in [1.165, 1.54) is 109 Å². The van der Waals surface area contributed by atoms with Crippen molar-refractivity contribution in [2.24, 2.45) is 11.5 Å². The van der Waals surface area contributed by atoms with Gasteiger partial charge in [0.05, 0.1) is 0 Å². The highest BCUT2D eigenvalue weighted by atomic mass is 16.4. The molecule has 0 saturated heterocycles. The van der Waals surface area contributed by atoms with Crippen LogP contribution in [0.25, 0.3) is 0 Å². The van der Waals surface area contributed by atoms with Gasteiger partial charge >= 0.3 is 11.9 Å². The molecule has 0 heterocycles. The van der Waals surface area contributed by atoms with Crippen LogP contribution in [0.1, 0.15) is 155 Å². The highest BCUT2D eigenvalue weighted by Gasteiger charge is 2.09. The molecule has 0 aromatic heterocycles. The van der Waals surface area contributed by atoms with Crippen LogP contribution in [0, 0.1) is 0 Å². The van der Waals surface area contributed by atoms with Crippen LogP contribution in [-0.2, 0) is 9.59 Å². The number of rotatable bonds is 25. The Morgan fingerprint density at radius 1 is 0.588 bits per heavy atom. The van der Waals surface area contributed by atoms with Crippen LogP contribution in [0.2, 0.25) is 0 Å². The lowest BCUT2D eigenvalue weighted by Crippen LogP contribution is -2.29. The van der Waals surface area contributed by atoms with Gasteiger partial charge in [0.25, 0.3) is 0 Å². The zero-order valence-electron chi connectivity index (χ0n) is 22.4. The first-order chi connectivity index (χ1) is 16.5. The lowest BCUT2D eigenvalue weighted by atomic mass is 10.0. The molecule has 0 bridgehead atoms. The second kappa shape index (κ2) is 29.9. The number of carbonyl (C=O) groups is 2. The van der Waals surface area contributed by atoms with Gasteiger partial charge in [0.2, 0.25) is 0 Å². The van der Waals surface area contributed by atoms with E-state index >= 15 is 0 Å². The van der Waals surface area contributed by atoms with Crippen LogP contribution in [0.5, 0.6) is 0 Å². The summed E-state index contributed by atoms with van der Waals surface area (Å²) in [6.45, 7) is 2.89. The average molecular weight is 487 g/mol. The normalized spacial score (nSPS) is 11.6. The van der Waals surface area contributed by atoms with Crippen LogP contribution in [0.15, 0.2) is 0 Å². The number of aliphatic carboxylic acids is 2. The quantitative estimate of drug-likeness (QED) is 0.0994. The van der Waals surface area contributed by atoms with Crippen molar-refractivity contribution >= 4 is 11.9 Å². The van der Waals surface area contributed by atoms with Gasteiger partial charge in [-0.25, -0.2) is 0 Å². The molecule has 204 valence electrons. The minimum Gasteiger partial charge on any atom is -0.481 e. The predicted octanol–water partition coefficient (Wildman–Crippen LogP) is 7.42. The largest absolute Gasteiger partial charge is 0.481 e. The first kappa shape index (κ1) is 35.0. The summed E-state index contributed by atoms with van der Waals surface area (Å²) >= 11 is 0. The third-order valence-corrected chi connectivity index (χ3v) is 6.28. The van der Waals surface area contributed by atoms with E-state index in [2.05, 4.69) is 6.92 Å². The molecular weight excluding hydrogens is 428 g/mol. The molecule has 0 aliphatic rings. The summed E-state index contributed by atoms with van der Waals surface area (Å²) < 4.78 is 0. The summed E-state index contributed by atoms with van der Waals surface area (Å²) in [5.74, 6) is -1.58. The van der Waals surface area contributed by atoms with Gasteiger partial charge in [0, 0.05) is 6.42 Å². The summed E-state index contributed by atoms with van der Waals surface area (Å²) in [7, 11) is 0. The maximum Gasteiger partial charge on any atom is 0.320 e. The number of hydrogen-bond donors (Lipinski definition) is 4. The Balaban J connectivity index is 0. The van der Waals surface area contributed by atoms with Crippen LogP contribution < -0.4 is 11.5 Å². The fourth-order valence-electron chi connectivity index (χ4n) is 3.99. The van der Waals surface area contributed by atoms with Crippen molar-refractivity contribution in [2.45, 2.75) is 161 Å². The Kier molecular flexibility index (Phi) is 30.8. The molecular formula is C28H58N2O4. The first-order valence-electron chi connectivity index (χ1n) is 14.4. The van der Waals surface area contributed by atoms with E-state index < -0.39 is 18.0 Å². The van der Waals surface area contributed by atoms with E-state index in [1.807, 2.05) is 0 Å². The van der Waals surface area contributed by atoms with Crippen molar-refractivity contribution in [2.75, 3.05) is 6.54 Å². The SMILES string of the molecule is CCCCCCCCCCCCCCCCCCCCCC(=O)O.NCCCCC(N)C(=O)O. The zero-order valence-corrected chi connectivity index (χ0v) is 22.4. The summed E-state index contributed by atoms with van der Waals surface area (Å²) in [5.41, 5.74) is 10.4. The predicted molar refractivity (Wildman–Crippen MR) is 144 cm³/mol. The molecule has 34 heavy (non-hydrogen) atoms. The van der Waals surface area contributed by atoms with E-state index in [0.29, 0.717) is 19.4 Å². The fourth-order valence-corrected chi connectivity index (χ4v) is 3.99. The van der Waals surface area contributed by atoms with Gasteiger partial charge in [-0.05, 0) is 25.8 Å². The monoisotopic (exact) mass is 486 g/mol. The lowest BCUT2D eigenvalue weighted by Gasteiger charge is -2.03. The lowest BCUT2D eigenvalue weighted by molar-refractivity contribution is -0.139. The Labute approximate surface area is 210 Å². The van der Waals surface area contributed by atoms with E-state index in [9.17, 15) is 9.59 Å². The molecule has 0 aliphatic carbocycles. The molecule has 0 fully saturated rings. The average Bonchev–Trinajstić information content (AvgIpc) is 2.81. The van der Waals surface area contributed by atoms with Crippen molar-refractivity contribution in [3.05, 3.63) is 0 Å². The summed E-state index contributed by atoms with van der Waals surface area (Å²) in [6.07, 6.45) is 28.3. The van der Waals surface area contributed by atoms with Crippen molar-refractivity contribution in [3.63, 3.8) is 0 Å². The summed E-state index contributed by atoms with van der Waals surface area (Å²) in [5, 5.41) is 16.9. The molecule has 6 nitrogen and oxygen atoms in total. The first-order valence-corrected chi connectivity index (χ1v) is 14.4. The number of carboxylic acid groups (broad SMARTS) is 2. The van der Waals surface area contributed by atoms with Gasteiger partial charge in [-0.3, -0.25) is 9.59 Å². The summed E-state index contributed by atoms with van der Waals surface area (Å²) in [4.78, 5) is 20.5. The Morgan fingerprint density at radius 2 is 0.941 bits per heavy atom. The molecule has 0 aromatic carbocycles. The smallest absolute Gasteiger partial charge is 0.320 e. The van der Waals surface area contributed by atoms with Crippen LogP contribution in [0.4, 0.5) is 0 Å². The summed E-state index contributed by atoms with van der Waals surface area (Å²) in [6, 6.07) is -0.716. The van der Waals surface area contributed by atoms with Gasteiger partial charge in [-0.15, -0.1) is 0 Å². The second-order valence-electron chi connectivity index (χ2n) is 9.74. The van der Waals surface area contributed by atoms with E-state index in [1.54, 1.807) is 0 Å². The molecule has 0 aliphatic heterocycles. The van der Waals surface area contributed by atoms with Gasteiger partial charge in [0.15, 0.2) is 0 Å². The number of nitrogens with two attached hydrogens (primary N) is 2. The van der Waals surface area contributed by atoms with Crippen LogP contribution in [0.3, 0.4) is 0 Å². The van der Waals surface area contributed by atoms with Crippen LogP contribution in [-0.4, -0.2) is 34.7 Å². The molecule has 0 rings (SSSR count). The van der Waals surface area contributed by atoms with Crippen LogP contribution >= 0.6 is 0 Å². The number of unbranched alkanes of at least 4 members (excludes halogenated alkanes) is 19. The highest BCUT2D eigenvalue weighted by molar-refractivity contribution is 5.72. The topological polar surface area (TPSA) is 127 Å². The van der Waals surface area contributed by atoms with Gasteiger partial charge < -0.3 is 21.7 Å². The molecule has 0 spiro atoms. The number of hydrogen-bond acceptors (Lipinski definition) is 4. The van der Waals surface area contributed by atoms with Gasteiger partial charge in [-0.1, -0.05) is 129 Å². The molecule has 0 saturated carbocycles. The third kappa shape index (κ3) is 33.0. The Bertz CT molecular complexity index is 433. The molecule has 6 heteroatoms. The molecule has 0 amide bonds. The van der Waals surface area contributed by atoms with E-state index in [-0.39, 0.29) is 0 Å². The molecule has 0 radical (unpaired) electrons. The highest BCUT2D eigenvalue weighted by Crippen LogP contribution is 2.14. The maximum atomic E-state index is 10.4.